The van der Waals surface area contributed by atoms with E-state index in [0.717, 1.165) is 11.2 Å². The molecule has 11 nitrogen and oxygen atoms in total. The van der Waals surface area contributed by atoms with Crippen molar-refractivity contribution in [3.05, 3.63) is 11.6 Å². The summed E-state index contributed by atoms with van der Waals surface area (Å²) in [4.78, 5) is 40.9. The van der Waals surface area contributed by atoms with Crippen LogP contribution in [0.2, 0.25) is 0 Å². The predicted molar refractivity (Wildman–Crippen MR) is 84.7 cm³/mol. The minimum Gasteiger partial charge on any atom is -0.477 e. The Balaban J connectivity index is 2.01. The van der Waals surface area contributed by atoms with Gasteiger partial charge in [-0.3, -0.25) is 4.79 Å². The third-order valence-corrected chi connectivity index (χ3v) is 4.48. The Morgan fingerprint density at radius 3 is 2.69 bits per heavy atom. The first-order valence-electron chi connectivity index (χ1n) is 7.55. The minimum atomic E-state index is -3.39. The molecule has 0 unspecified atom stereocenters. The van der Waals surface area contributed by atoms with E-state index in [-0.39, 0.29) is 19.6 Å². The second kappa shape index (κ2) is 7.55. The maximum Gasteiger partial charge on any atom is 0.368 e. The predicted octanol–water partition coefficient (Wildman–Crippen LogP) is -1.60. The molecule has 3 amide bonds. The number of alkyl halides is 1. The summed E-state index contributed by atoms with van der Waals surface area (Å²) in [6.07, 6.45) is -0.201. The zero-order valence-electron chi connectivity index (χ0n) is 14.0. The summed E-state index contributed by atoms with van der Waals surface area (Å²) in [5.74, 6) is -2.42. The molecule has 26 heavy (non-hydrogen) atoms. The Morgan fingerprint density at radius 1 is 1.46 bits per heavy atom. The molecule has 1 fully saturated rings. The molecule has 2 bridgehead atoms. The topological polar surface area (TPSA) is 145 Å². The second-order valence-corrected chi connectivity index (χ2v) is 7.69. The number of nitrogens with one attached hydrogen (secondary N) is 2. The van der Waals surface area contributed by atoms with Crippen molar-refractivity contribution in [2.75, 3.05) is 25.9 Å². The van der Waals surface area contributed by atoms with Crippen molar-refractivity contribution in [3.8, 4) is 0 Å². The number of halogens is 1. The quantitative estimate of drug-likeness (QED) is 0.332. The number of amides is 3. The van der Waals surface area contributed by atoms with Gasteiger partial charge in [-0.1, -0.05) is 6.08 Å². The van der Waals surface area contributed by atoms with Crippen LogP contribution in [0.4, 0.5) is 9.18 Å². The van der Waals surface area contributed by atoms with E-state index in [1.54, 1.807) is 6.92 Å². The zero-order chi connectivity index (χ0) is 19.6. The first kappa shape index (κ1) is 20.1. The van der Waals surface area contributed by atoms with Crippen molar-refractivity contribution in [2.45, 2.75) is 25.4 Å². The van der Waals surface area contributed by atoms with E-state index in [4.69, 9.17) is 5.11 Å². The SMILES string of the molecule is CC1=C[C@H]2CN(C(=O)N2O[C@@H](F)C(=O)O)[C@@H]1C(=O)NCCNS(C)(=O)=O. The molecule has 0 aliphatic carbocycles. The fourth-order valence-electron chi connectivity index (χ4n) is 2.73. The molecule has 3 atom stereocenters. The van der Waals surface area contributed by atoms with E-state index in [2.05, 4.69) is 14.9 Å². The summed E-state index contributed by atoms with van der Waals surface area (Å²) in [5, 5.41) is 11.7. The highest BCUT2D eigenvalue weighted by atomic mass is 32.2. The number of urea groups is 1. The van der Waals surface area contributed by atoms with Crippen LogP contribution in [-0.2, 0) is 24.4 Å². The number of carbonyl (C=O) groups excluding carboxylic acids is 2. The molecule has 3 N–H and O–H groups in total. The lowest BCUT2D eigenvalue weighted by Crippen LogP contribution is -2.51. The number of aliphatic carboxylic acids is 1. The Kier molecular flexibility index (Phi) is 5.83. The van der Waals surface area contributed by atoms with Crippen molar-refractivity contribution < 1.29 is 37.1 Å². The van der Waals surface area contributed by atoms with Gasteiger partial charge in [0.2, 0.25) is 15.9 Å². The Bertz CT molecular complexity index is 741. The van der Waals surface area contributed by atoms with Gasteiger partial charge in [-0.2, -0.15) is 5.06 Å². The van der Waals surface area contributed by atoms with Gasteiger partial charge in [0.05, 0.1) is 18.8 Å². The van der Waals surface area contributed by atoms with Crippen LogP contribution in [0, 0.1) is 0 Å². The maximum atomic E-state index is 13.3. The van der Waals surface area contributed by atoms with Gasteiger partial charge in [0.1, 0.15) is 6.04 Å². The van der Waals surface area contributed by atoms with E-state index < -0.39 is 46.4 Å². The molecule has 2 aliphatic rings. The highest BCUT2D eigenvalue weighted by Crippen LogP contribution is 2.30. The number of fused-ring (bicyclic) bond motifs is 2. The van der Waals surface area contributed by atoms with Crippen molar-refractivity contribution >= 4 is 27.9 Å². The lowest BCUT2D eigenvalue weighted by Gasteiger charge is -2.29. The summed E-state index contributed by atoms with van der Waals surface area (Å²) in [6, 6.07) is -2.52. The summed E-state index contributed by atoms with van der Waals surface area (Å²) >= 11 is 0. The van der Waals surface area contributed by atoms with Crippen LogP contribution in [-0.4, -0.2) is 85.7 Å². The average Bonchev–Trinajstić information content (AvgIpc) is 2.75. The molecule has 0 saturated carbocycles. The van der Waals surface area contributed by atoms with Crippen molar-refractivity contribution in [2.24, 2.45) is 0 Å². The molecule has 0 spiro atoms. The number of nitrogens with zero attached hydrogens (tertiary/aromatic N) is 2. The standard InChI is InChI=1S/C13H19FN4O7S/c1-7-5-8-6-17(13(22)18(8)25-10(14)12(20)21)9(7)11(19)15-3-4-16-26(2,23)24/h5,8-10,16H,3-4,6H2,1-2H3,(H,15,19)(H,20,21)/t8-,9-,10+/m0/s1. The maximum absolute atomic E-state index is 13.3. The average molecular weight is 394 g/mol. The smallest absolute Gasteiger partial charge is 0.368 e. The first-order chi connectivity index (χ1) is 12.0. The number of rotatable bonds is 8. The molecule has 1 saturated heterocycles. The van der Waals surface area contributed by atoms with E-state index in [9.17, 15) is 27.2 Å². The molecule has 2 rings (SSSR count). The highest BCUT2D eigenvalue weighted by Gasteiger charge is 2.48. The molecule has 0 aromatic rings. The van der Waals surface area contributed by atoms with E-state index in [1.165, 1.54) is 6.08 Å². The Labute approximate surface area is 148 Å². The normalized spacial score (nSPS) is 23.7. The van der Waals surface area contributed by atoms with Gasteiger partial charge in [0, 0.05) is 13.1 Å². The van der Waals surface area contributed by atoms with Crippen LogP contribution in [0.25, 0.3) is 0 Å². The highest BCUT2D eigenvalue weighted by molar-refractivity contribution is 7.88. The molecule has 2 heterocycles. The van der Waals surface area contributed by atoms with Crippen LogP contribution < -0.4 is 10.0 Å². The molecule has 0 aromatic heterocycles. The van der Waals surface area contributed by atoms with Gasteiger partial charge in [-0.05, 0) is 12.5 Å². The molecule has 146 valence electrons. The Morgan fingerprint density at radius 2 is 2.12 bits per heavy atom. The fourth-order valence-corrected chi connectivity index (χ4v) is 3.21. The van der Waals surface area contributed by atoms with Crippen LogP contribution in [0.5, 0.6) is 0 Å². The molecular weight excluding hydrogens is 375 g/mol. The van der Waals surface area contributed by atoms with Gasteiger partial charge in [-0.25, -0.2) is 32.0 Å². The van der Waals surface area contributed by atoms with Gasteiger partial charge in [0.15, 0.2) is 0 Å². The fraction of sp³-hybridized carbons (Fsp3) is 0.615. The largest absolute Gasteiger partial charge is 0.477 e. The molecule has 0 radical (unpaired) electrons. The van der Waals surface area contributed by atoms with E-state index >= 15 is 0 Å². The number of sulfonamides is 1. The summed E-state index contributed by atoms with van der Waals surface area (Å²) < 4.78 is 37.4. The third kappa shape index (κ3) is 4.47. The van der Waals surface area contributed by atoms with Gasteiger partial charge in [-0.15, -0.1) is 0 Å². The number of hydrogen-bond acceptors (Lipinski definition) is 6. The lowest BCUT2D eigenvalue weighted by molar-refractivity contribution is -0.219. The Hall–Kier alpha value is -2.25. The lowest BCUT2D eigenvalue weighted by atomic mass is 10.00. The molecular formula is C13H19FN4O7S. The molecule has 0 aromatic carbocycles. The van der Waals surface area contributed by atoms with E-state index in [0.29, 0.717) is 10.6 Å². The summed E-state index contributed by atoms with van der Waals surface area (Å²) in [7, 11) is -3.39. The van der Waals surface area contributed by atoms with E-state index in [1.807, 2.05) is 0 Å². The number of hydroxylamine groups is 2. The van der Waals surface area contributed by atoms with Crippen LogP contribution >= 0.6 is 0 Å². The van der Waals surface area contributed by atoms with Gasteiger partial charge >= 0.3 is 18.4 Å². The molecule has 13 heteroatoms. The third-order valence-electron chi connectivity index (χ3n) is 3.75. The monoisotopic (exact) mass is 394 g/mol. The van der Waals surface area contributed by atoms with Gasteiger partial charge in [0.25, 0.3) is 0 Å². The van der Waals surface area contributed by atoms with Crippen molar-refractivity contribution in [1.82, 2.24) is 20.0 Å². The molecule has 2 aliphatic heterocycles. The van der Waals surface area contributed by atoms with Crippen LogP contribution in [0.3, 0.4) is 0 Å². The number of carboxylic acids is 1. The van der Waals surface area contributed by atoms with Crippen molar-refractivity contribution in [1.29, 1.82) is 0 Å². The number of carbonyl (C=O) groups is 3. The summed E-state index contributed by atoms with van der Waals surface area (Å²) in [6.45, 7) is 1.61. The minimum absolute atomic E-state index is 0.00687. The number of carboxylic acid groups (broad SMARTS) is 1. The van der Waals surface area contributed by atoms with Gasteiger partial charge < -0.3 is 15.3 Å². The summed E-state index contributed by atoms with van der Waals surface area (Å²) in [5.41, 5.74) is 0.500. The number of hydrogen-bond donors (Lipinski definition) is 3. The van der Waals surface area contributed by atoms with Crippen molar-refractivity contribution in [3.63, 3.8) is 0 Å². The second-order valence-electron chi connectivity index (χ2n) is 5.86. The van der Waals surface area contributed by atoms with Crippen LogP contribution in [0.15, 0.2) is 11.6 Å². The van der Waals surface area contributed by atoms with Crippen LogP contribution in [0.1, 0.15) is 6.92 Å². The zero-order valence-corrected chi connectivity index (χ0v) is 14.8. The first-order valence-corrected chi connectivity index (χ1v) is 9.44.